The van der Waals surface area contributed by atoms with Crippen molar-refractivity contribution in [3.63, 3.8) is 0 Å². The van der Waals surface area contributed by atoms with Gasteiger partial charge in [0.2, 0.25) is 5.91 Å². The molecule has 1 amide bonds. The lowest BCUT2D eigenvalue weighted by Gasteiger charge is -2.13. The molecule has 0 aliphatic rings. The van der Waals surface area contributed by atoms with Gasteiger partial charge in [-0.2, -0.15) is 0 Å². The smallest absolute Gasteiger partial charge is 0.305 e. The van der Waals surface area contributed by atoms with Crippen LogP contribution in [0, 0.1) is 0 Å². The molecule has 2 aromatic carbocycles. The number of primary amides is 1. The highest BCUT2D eigenvalue weighted by Crippen LogP contribution is 2.31. The Morgan fingerprint density at radius 3 is 2.59 bits per heavy atom. The maximum atomic E-state index is 11.6. The number of phenols is 1. The number of aromatic nitrogens is 1. The molecule has 0 unspecified atom stereocenters. The Morgan fingerprint density at radius 1 is 1.19 bits per heavy atom. The van der Waals surface area contributed by atoms with Crippen molar-refractivity contribution in [1.29, 1.82) is 0 Å². The lowest BCUT2D eigenvalue weighted by molar-refractivity contribution is -0.117. The molecule has 1 heterocycles. The number of carbonyl (C=O) groups is 1. The Bertz CT molecular complexity index is 994. The van der Waals surface area contributed by atoms with Crippen LogP contribution < -0.4 is 15.9 Å². The summed E-state index contributed by atoms with van der Waals surface area (Å²) >= 11 is 0.968. The van der Waals surface area contributed by atoms with Crippen molar-refractivity contribution in [3.05, 3.63) is 62.8 Å². The average molecular weight is 387 g/mol. The van der Waals surface area contributed by atoms with Crippen molar-refractivity contribution in [2.24, 2.45) is 5.73 Å². The van der Waals surface area contributed by atoms with E-state index in [4.69, 9.17) is 5.73 Å². The maximum Gasteiger partial charge on any atom is 0.305 e. The number of aliphatic hydroxyl groups is 1. The van der Waals surface area contributed by atoms with Crippen molar-refractivity contribution in [2.45, 2.75) is 25.5 Å². The van der Waals surface area contributed by atoms with Crippen LogP contribution in [0.1, 0.15) is 29.2 Å². The van der Waals surface area contributed by atoms with Crippen LogP contribution in [0.2, 0.25) is 0 Å². The number of H-pyrrole nitrogens is 1. The Hall–Kier alpha value is -2.68. The van der Waals surface area contributed by atoms with Crippen LogP contribution in [-0.4, -0.2) is 27.6 Å². The summed E-state index contributed by atoms with van der Waals surface area (Å²) in [5, 5.41) is 23.5. The fourth-order valence-corrected chi connectivity index (χ4v) is 3.77. The minimum atomic E-state index is -0.811. The number of benzene rings is 2. The van der Waals surface area contributed by atoms with E-state index in [-0.39, 0.29) is 16.5 Å². The number of hydrogen-bond donors (Lipinski definition) is 5. The van der Waals surface area contributed by atoms with Gasteiger partial charge in [0, 0.05) is 25.1 Å². The predicted molar refractivity (Wildman–Crippen MR) is 105 cm³/mol. The Kier molecular flexibility index (Phi) is 5.90. The van der Waals surface area contributed by atoms with Gasteiger partial charge in [0.25, 0.3) is 0 Å². The van der Waals surface area contributed by atoms with Crippen molar-refractivity contribution >= 4 is 27.5 Å². The van der Waals surface area contributed by atoms with E-state index in [9.17, 15) is 19.8 Å². The number of nitrogens with two attached hydrogens (primary N) is 1. The number of phenolic OH excluding ortho intramolecular Hbond substituents is 1. The van der Waals surface area contributed by atoms with E-state index in [1.807, 2.05) is 24.3 Å². The fraction of sp³-hybridized carbons (Fsp3) is 0.263. The molecule has 8 heteroatoms. The van der Waals surface area contributed by atoms with Crippen molar-refractivity contribution in [3.8, 4) is 5.75 Å². The third-order valence-corrected chi connectivity index (χ3v) is 5.23. The molecule has 142 valence electrons. The van der Waals surface area contributed by atoms with Crippen LogP contribution in [0.3, 0.4) is 0 Å². The third-order valence-electron chi connectivity index (χ3n) is 4.30. The second-order valence-corrected chi connectivity index (χ2v) is 7.31. The average Bonchev–Trinajstić information content (AvgIpc) is 3.03. The molecule has 1 atom stereocenters. The number of rotatable bonds is 8. The van der Waals surface area contributed by atoms with Crippen LogP contribution in [0.15, 0.2) is 41.2 Å². The Morgan fingerprint density at radius 2 is 1.89 bits per heavy atom. The van der Waals surface area contributed by atoms with Crippen molar-refractivity contribution in [2.75, 3.05) is 6.54 Å². The van der Waals surface area contributed by atoms with Crippen molar-refractivity contribution < 1.29 is 15.0 Å². The number of aromatic hydroxyl groups is 1. The number of aliphatic hydroxyl groups excluding tert-OH is 1. The van der Waals surface area contributed by atoms with Gasteiger partial charge in [-0.25, -0.2) is 0 Å². The van der Waals surface area contributed by atoms with E-state index in [1.54, 1.807) is 6.07 Å². The summed E-state index contributed by atoms with van der Waals surface area (Å²) in [6.45, 7) is 0.868. The molecule has 7 nitrogen and oxygen atoms in total. The standard InChI is InChI=1S/C19H21N3O4S/c20-16(25)8-5-11-1-3-12(4-2-11)9-21-10-15(24)13-6-7-14(23)17-18(13)27-19(26)22-17/h1-4,6-7,15,21,23-24H,5,8-10H2,(H2,20,25)(H,22,26)/t15-/m0/s1. The van der Waals surface area contributed by atoms with Crippen molar-refractivity contribution in [1.82, 2.24) is 10.3 Å². The minimum Gasteiger partial charge on any atom is -0.506 e. The number of aryl methyl sites for hydroxylation is 1. The number of thiazole rings is 1. The zero-order valence-electron chi connectivity index (χ0n) is 14.6. The highest BCUT2D eigenvalue weighted by Gasteiger charge is 2.15. The summed E-state index contributed by atoms with van der Waals surface area (Å²) in [4.78, 5) is 24.7. The minimum absolute atomic E-state index is 0.0105. The number of carbonyl (C=O) groups excluding carboxylic acids is 1. The summed E-state index contributed by atoms with van der Waals surface area (Å²) in [5.74, 6) is -0.325. The van der Waals surface area contributed by atoms with Crippen LogP contribution in [0.25, 0.3) is 10.2 Å². The zero-order chi connectivity index (χ0) is 19.4. The molecule has 0 saturated heterocycles. The van der Waals surface area contributed by atoms with Gasteiger partial charge >= 0.3 is 4.87 Å². The van der Waals surface area contributed by atoms with Gasteiger partial charge in [-0.05, 0) is 23.6 Å². The quantitative estimate of drug-likeness (QED) is 0.400. The number of aromatic amines is 1. The molecule has 0 spiro atoms. The largest absolute Gasteiger partial charge is 0.506 e. The van der Waals surface area contributed by atoms with Crippen LogP contribution >= 0.6 is 11.3 Å². The number of fused-ring (bicyclic) bond motifs is 1. The lowest BCUT2D eigenvalue weighted by Crippen LogP contribution is -2.21. The molecular weight excluding hydrogens is 366 g/mol. The summed E-state index contributed by atoms with van der Waals surface area (Å²) in [6, 6.07) is 10.9. The van der Waals surface area contributed by atoms with E-state index in [1.165, 1.54) is 6.07 Å². The highest BCUT2D eigenvalue weighted by molar-refractivity contribution is 7.16. The molecule has 27 heavy (non-hydrogen) atoms. The van der Waals surface area contributed by atoms with Gasteiger partial charge in [-0.15, -0.1) is 0 Å². The molecule has 0 radical (unpaired) electrons. The molecule has 0 aliphatic carbocycles. The summed E-state index contributed by atoms with van der Waals surface area (Å²) < 4.78 is 0.563. The summed E-state index contributed by atoms with van der Waals surface area (Å²) in [5.41, 5.74) is 8.20. The topological polar surface area (TPSA) is 128 Å². The van der Waals surface area contributed by atoms with Gasteiger partial charge in [0.15, 0.2) is 0 Å². The maximum absolute atomic E-state index is 11.6. The Labute approximate surface area is 159 Å². The van der Waals surface area contributed by atoms with E-state index >= 15 is 0 Å². The normalized spacial score (nSPS) is 12.3. The van der Waals surface area contributed by atoms with Gasteiger partial charge < -0.3 is 26.2 Å². The monoisotopic (exact) mass is 387 g/mol. The van der Waals surface area contributed by atoms with E-state index < -0.39 is 6.10 Å². The van der Waals surface area contributed by atoms with Gasteiger partial charge in [0.05, 0.1) is 10.8 Å². The first-order valence-corrected chi connectivity index (χ1v) is 9.35. The first kappa shape index (κ1) is 19.1. The number of nitrogens with one attached hydrogen (secondary N) is 2. The summed E-state index contributed by atoms with van der Waals surface area (Å²) in [6.07, 6.45) is 0.142. The molecule has 6 N–H and O–H groups in total. The number of amides is 1. The molecule has 0 aliphatic heterocycles. The second-order valence-electron chi connectivity index (χ2n) is 6.32. The molecule has 0 saturated carbocycles. The van der Waals surface area contributed by atoms with Crippen LogP contribution in [0.5, 0.6) is 5.75 Å². The van der Waals surface area contributed by atoms with Gasteiger partial charge in [0.1, 0.15) is 11.3 Å². The van der Waals surface area contributed by atoms with E-state index in [0.29, 0.717) is 41.7 Å². The predicted octanol–water partition coefficient (Wildman–Crippen LogP) is 1.54. The Balaban J connectivity index is 1.58. The zero-order valence-corrected chi connectivity index (χ0v) is 15.4. The highest BCUT2D eigenvalue weighted by atomic mass is 32.1. The molecular formula is C19H21N3O4S. The van der Waals surface area contributed by atoms with Gasteiger partial charge in [-0.1, -0.05) is 41.7 Å². The van der Waals surface area contributed by atoms with Crippen LogP contribution in [0.4, 0.5) is 0 Å². The molecule has 3 aromatic rings. The van der Waals surface area contributed by atoms with E-state index in [0.717, 1.165) is 22.5 Å². The molecule has 0 bridgehead atoms. The fourth-order valence-electron chi connectivity index (χ4n) is 2.86. The SMILES string of the molecule is NC(=O)CCc1ccc(CNC[C@H](O)c2ccc(O)c3[nH]c(=O)sc23)cc1. The first-order valence-electron chi connectivity index (χ1n) is 8.53. The van der Waals surface area contributed by atoms with Gasteiger partial charge in [-0.3, -0.25) is 9.59 Å². The lowest BCUT2D eigenvalue weighted by atomic mass is 10.1. The molecule has 1 aromatic heterocycles. The third kappa shape index (κ3) is 4.73. The number of hydrogen-bond acceptors (Lipinski definition) is 6. The second kappa shape index (κ2) is 8.34. The molecule has 0 fully saturated rings. The van der Waals surface area contributed by atoms with E-state index in [2.05, 4.69) is 10.3 Å². The summed E-state index contributed by atoms with van der Waals surface area (Å²) in [7, 11) is 0. The van der Waals surface area contributed by atoms with Crippen LogP contribution in [-0.2, 0) is 17.8 Å². The molecule has 3 rings (SSSR count). The first-order chi connectivity index (χ1) is 12.9.